The molecule has 0 bridgehead atoms. The zero-order chi connectivity index (χ0) is 14.9. The van der Waals surface area contributed by atoms with Crippen LogP contribution < -0.4 is 10.5 Å². The summed E-state index contributed by atoms with van der Waals surface area (Å²) < 4.78 is 23.1. The lowest BCUT2D eigenvalue weighted by atomic mass is 9.98. The van der Waals surface area contributed by atoms with Crippen LogP contribution in [0.1, 0.15) is 25.3 Å². The molecule has 0 radical (unpaired) electrons. The Morgan fingerprint density at radius 1 is 1.40 bits per heavy atom. The van der Waals surface area contributed by atoms with Crippen molar-refractivity contribution in [3.63, 3.8) is 0 Å². The predicted molar refractivity (Wildman–Crippen MR) is 81.3 cm³/mol. The average molecular weight is 297 g/mol. The monoisotopic (exact) mass is 297 g/mol. The van der Waals surface area contributed by atoms with Gasteiger partial charge in [0, 0.05) is 24.3 Å². The van der Waals surface area contributed by atoms with Crippen molar-refractivity contribution in [2.75, 3.05) is 18.9 Å². The highest BCUT2D eigenvalue weighted by Gasteiger charge is 2.23. The van der Waals surface area contributed by atoms with Gasteiger partial charge in [-0.25, -0.2) is 13.6 Å². The van der Waals surface area contributed by atoms with Gasteiger partial charge in [0.15, 0.2) is 0 Å². The number of aryl methyl sites for hydroxylation is 1. The third kappa shape index (κ3) is 3.50. The molecule has 5 nitrogen and oxygen atoms in total. The first-order valence-electron chi connectivity index (χ1n) is 6.87. The summed E-state index contributed by atoms with van der Waals surface area (Å²) in [6.45, 7) is 5.01. The molecule has 1 fully saturated rings. The predicted octanol–water partition coefficient (Wildman–Crippen LogP) is 1.54. The molecule has 1 aliphatic heterocycles. The summed E-state index contributed by atoms with van der Waals surface area (Å²) in [6.07, 6.45) is 2.11. The maximum atomic E-state index is 11.5. The number of piperidine rings is 1. The number of nitrogens with two attached hydrogens (primary N) is 1. The van der Waals surface area contributed by atoms with Crippen molar-refractivity contribution in [1.29, 1.82) is 0 Å². The van der Waals surface area contributed by atoms with Crippen molar-refractivity contribution in [2.24, 2.45) is 5.14 Å². The third-order valence-corrected chi connectivity index (χ3v) is 5.13. The van der Waals surface area contributed by atoms with Crippen LogP contribution in [0.3, 0.4) is 0 Å². The Morgan fingerprint density at radius 3 is 2.70 bits per heavy atom. The number of nitrogens with one attached hydrogen (secondary N) is 1. The molecule has 0 aliphatic carbocycles. The molecule has 1 aliphatic rings. The van der Waals surface area contributed by atoms with Gasteiger partial charge in [-0.15, -0.1) is 0 Å². The Morgan fingerprint density at radius 2 is 2.10 bits per heavy atom. The van der Waals surface area contributed by atoms with Crippen LogP contribution in [-0.4, -0.2) is 39.0 Å². The topological polar surface area (TPSA) is 75.4 Å². The van der Waals surface area contributed by atoms with Gasteiger partial charge in [0.1, 0.15) is 0 Å². The van der Waals surface area contributed by atoms with E-state index < -0.39 is 10.0 Å². The van der Waals surface area contributed by atoms with Crippen LogP contribution in [0.5, 0.6) is 0 Å². The molecule has 3 N–H and O–H groups in total. The van der Waals surface area contributed by atoms with Gasteiger partial charge in [0.2, 0.25) is 10.0 Å². The van der Waals surface area contributed by atoms with E-state index >= 15 is 0 Å². The zero-order valence-corrected chi connectivity index (χ0v) is 13.1. The van der Waals surface area contributed by atoms with Crippen molar-refractivity contribution in [3.8, 4) is 0 Å². The number of anilines is 1. The number of likely N-dealkylation sites (tertiary alicyclic amines) is 1. The smallest absolute Gasteiger partial charge is 0.238 e. The van der Waals surface area contributed by atoms with Gasteiger partial charge in [0.05, 0.1) is 4.90 Å². The van der Waals surface area contributed by atoms with Crippen molar-refractivity contribution in [1.82, 2.24) is 4.90 Å². The van der Waals surface area contributed by atoms with E-state index in [2.05, 4.69) is 24.2 Å². The maximum absolute atomic E-state index is 11.5. The van der Waals surface area contributed by atoms with Gasteiger partial charge in [-0.2, -0.15) is 0 Å². The van der Waals surface area contributed by atoms with Crippen LogP contribution in [0, 0.1) is 6.92 Å². The van der Waals surface area contributed by atoms with Gasteiger partial charge >= 0.3 is 0 Å². The SMILES string of the molecule is Cc1ccc(NC2CCN(C)C(C)C2)cc1S(N)(=O)=O. The fraction of sp³-hybridized carbons (Fsp3) is 0.571. The minimum Gasteiger partial charge on any atom is -0.382 e. The minimum atomic E-state index is -3.66. The van der Waals surface area contributed by atoms with Crippen molar-refractivity contribution in [3.05, 3.63) is 23.8 Å². The molecule has 0 amide bonds. The number of rotatable bonds is 3. The van der Waals surface area contributed by atoms with E-state index in [1.54, 1.807) is 19.1 Å². The normalized spacial score (nSPS) is 24.6. The van der Waals surface area contributed by atoms with E-state index in [1.165, 1.54) is 0 Å². The summed E-state index contributed by atoms with van der Waals surface area (Å²) in [5.41, 5.74) is 1.50. The molecular weight excluding hydrogens is 274 g/mol. The fourth-order valence-electron chi connectivity index (χ4n) is 2.65. The summed E-state index contributed by atoms with van der Waals surface area (Å²) in [5.74, 6) is 0. The summed E-state index contributed by atoms with van der Waals surface area (Å²) >= 11 is 0. The van der Waals surface area contributed by atoms with Gasteiger partial charge in [0.25, 0.3) is 0 Å². The molecule has 0 aromatic heterocycles. The second-order valence-electron chi connectivity index (χ2n) is 5.72. The van der Waals surface area contributed by atoms with Crippen molar-refractivity contribution >= 4 is 15.7 Å². The second kappa shape index (κ2) is 5.71. The molecule has 2 atom stereocenters. The first kappa shape index (κ1) is 15.3. The number of benzene rings is 1. The molecule has 20 heavy (non-hydrogen) atoms. The molecule has 1 aromatic carbocycles. The van der Waals surface area contributed by atoms with Gasteiger partial charge in [-0.3, -0.25) is 0 Å². The molecule has 6 heteroatoms. The molecule has 2 rings (SSSR count). The molecule has 2 unspecified atom stereocenters. The Kier molecular flexibility index (Phi) is 4.36. The van der Waals surface area contributed by atoms with E-state index in [0.29, 0.717) is 17.6 Å². The average Bonchev–Trinajstić information content (AvgIpc) is 2.35. The van der Waals surface area contributed by atoms with Crippen LogP contribution >= 0.6 is 0 Å². The number of hydrogen-bond acceptors (Lipinski definition) is 4. The van der Waals surface area contributed by atoms with Crippen LogP contribution in [0.2, 0.25) is 0 Å². The Labute approximate surface area is 121 Å². The van der Waals surface area contributed by atoms with Gasteiger partial charge < -0.3 is 10.2 Å². The lowest BCUT2D eigenvalue weighted by Gasteiger charge is -2.35. The standard InChI is InChI=1S/C14H23N3O2S/c1-10-4-5-12(9-14(10)20(15,18)19)16-13-6-7-17(3)11(2)8-13/h4-5,9,11,13,16H,6-8H2,1-3H3,(H2,15,18,19). The maximum Gasteiger partial charge on any atom is 0.238 e. The summed E-state index contributed by atoms with van der Waals surface area (Å²) in [6, 6.07) is 6.24. The van der Waals surface area contributed by atoms with Crippen molar-refractivity contribution in [2.45, 2.75) is 43.7 Å². The van der Waals surface area contributed by atoms with E-state index in [4.69, 9.17) is 5.14 Å². The first-order valence-corrected chi connectivity index (χ1v) is 8.42. The van der Waals surface area contributed by atoms with Crippen LogP contribution in [-0.2, 0) is 10.0 Å². The third-order valence-electron chi connectivity index (χ3n) is 4.07. The highest BCUT2D eigenvalue weighted by Crippen LogP contribution is 2.23. The summed E-state index contributed by atoms with van der Waals surface area (Å²) in [7, 11) is -1.53. The van der Waals surface area contributed by atoms with Crippen molar-refractivity contribution < 1.29 is 8.42 Å². The number of hydrogen-bond donors (Lipinski definition) is 2. The molecular formula is C14H23N3O2S. The van der Waals surface area contributed by atoms with Crippen LogP contribution in [0.25, 0.3) is 0 Å². The summed E-state index contributed by atoms with van der Waals surface area (Å²) in [4.78, 5) is 2.53. The van der Waals surface area contributed by atoms with Gasteiger partial charge in [-0.05, 0) is 51.4 Å². The highest BCUT2D eigenvalue weighted by atomic mass is 32.2. The van der Waals surface area contributed by atoms with E-state index in [9.17, 15) is 8.42 Å². The van der Waals surface area contributed by atoms with Crippen LogP contribution in [0.15, 0.2) is 23.1 Å². The number of primary sulfonamides is 1. The lowest BCUT2D eigenvalue weighted by molar-refractivity contribution is 0.190. The molecule has 0 saturated carbocycles. The molecule has 112 valence electrons. The van der Waals surface area contributed by atoms with Gasteiger partial charge in [-0.1, -0.05) is 6.07 Å². The van der Waals surface area contributed by atoms with Crippen LogP contribution in [0.4, 0.5) is 5.69 Å². The largest absolute Gasteiger partial charge is 0.382 e. The summed E-state index contributed by atoms with van der Waals surface area (Å²) in [5, 5.41) is 8.66. The Hall–Kier alpha value is -1.11. The van der Waals surface area contributed by atoms with E-state index in [0.717, 1.165) is 25.1 Å². The quantitative estimate of drug-likeness (QED) is 0.887. The zero-order valence-electron chi connectivity index (χ0n) is 12.3. The lowest BCUT2D eigenvalue weighted by Crippen LogP contribution is -2.42. The molecule has 1 saturated heterocycles. The Balaban J connectivity index is 2.15. The number of sulfonamides is 1. The van der Waals surface area contributed by atoms with E-state index in [1.807, 2.05) is 6.07 Å². The second-order valence-corrected chi connectivity index (χ2v) is 7.25. The Bertz CT molecular complexity index is 586. The minimum absolute atomic E-state index is 0.198. The first-order chi connectivity index (χ1) is 9.27. The van der Waals surface area contributed by atoms with E-state index in [-0.39, 0.29) is 4.90 Å². The molecule has 0 spiro atoms. The number of nitrogens with zero attached hydrogens (tertiary/aromatic N) is 1. The molecule has 1 heterocycles. The highest BCUT2D eigenvalue weighted by molar-refractivity contribution is 7.89. The molecule has 1 aromatic rings. The fourth-order valence-corrected chi connectivity index (χ4v) is 3.46.